The fraction of sp³-hybridized carbons (Fsp3) is 0.520. The Morgan fingerprint density at radius 3 is 2.66 bits per heavy atom. The average Bonchev–Trinajstić information content (AvgIpc) is 2.73. The molecule has 2 aliphatic heterocycles. The Labute approximate surface area is 180 Å². The quantitative estimate of drug-likeness (QED) is 0.641. The highest BCUT2D eigenvalue weighted by Crippen LogP contribution is 2.29. The molecule has 4 heteroatoms. The summed E-state index contributed by atoms with van der Waals surface area (Å²) >= 11 is 6.01. The molecular formula is C25H33ClN2O. The highest BCUT2D eigenvalue weighted by molar-refractivity contribution is 6.30. The first kappa shape index (κ1) is 20.7. The number of benzene rings is 2. The third kappa shape index (κ3) is 5.97. The lowest BCUT2D eigenvalue weighted by Crippen LogP contribution is -2.34. The van der Waals surface area contributed by atoms with Gasteiger partial charge in [-0.05, 0) is 105 Å². The van der Waals surface area contributed by atoms with Crippen molar-refractivity contribution >= 4 is 11.6 Å². The van der Waals surface area contributed by atoms with Crippen LogP contribution in [-0.4, -0.2) is 37.7 Å². The summed E-state index contributed by atoms with van der Waals surface area (Å²) < 4.78 is 6.07. The van der Waals surface area contributed by atoms with Gasteiger partial charge in [0.15, 0.2) is 0 Å². The Kier molecular flexibility index (Phi) is 7.48. The molecule has 2 aromatic carbocycles. The van der Waals surface area contributed by atoms with E-state index in [0.29, 0.717) is 5.92 Å². The second-order valence-corrected chi connectivity index (χ2v) is 8.87. The van der Waals surface area contributed by atoms with Crippen LogP contribution in [0.15, 0.2) is 42.5 Å². The molecule has 0 unspecified atom stereocenters. The molecule has 2 heterocycles. The minimum Gasteiger partial charge on any atom is -0.494 e. The second-order valence-electron chi connectivity index (χ2n) is 8.43. The molecule has 0 aliphatic carbocycles. The van der Waals surface area contributed by atoms with Gasteiger partial charge in [0, 0.05) is 18.1 Å². The molecule has 0 aromatic heterocycles. The van der Waals surface area contributed by atoms with Crippen LogP contribution in [0.1, 0.15) is 54.7 Å². The molecule has 0 atom stereocenters. The second kappa shape index (κ2) is 10.5. The fourth-order valence-electron chi connectivity index (χ4n) is 4.59. The van der Waals surface area contributed by atoms with Crippen LogP contribution in [0.5, 0.6) is 5.75 Å². The van der Waals surface area contributed by atoms with E-state index in [2.05, 4.69) is 40.5 Å². The molecule has 3 nitrogen and oxygen atoms in total. The highest BCUT2D eigenvalue weighted by atomic mass is 35.5. The number of hydrogen-bond acceptors (Lipinski definition) is 3. The van der Waals surface area contributed by atoms with Crippen molar-refractivity contribution in [1.29, 1.82) is 0 Å². The summed E-state index contributed by atoms with van der Waals surface area (Å²) in [4.78, 5) is 2.58. The summed E-state index contributed by atoms with van der Waals surface area (Å²) in [6.07, 6.45) is 7.30. The smallest absolute Gasteiger partial charge is 0.119 e. The number of aryl methyl sites for hydroxylation is 1. The van der Waals surface area contributed by atoms with Crippen LogP contribution < -0.4 is 10.1 Å². The zero-order valence-corrected chi connectivity index (χ0v) is 18.1. The zero-order chi connectivity index (χ0) is 19.9. The maximum atomic E-state index is 6.07. The van der Waals surface area contributed by atoms with Gasteiger partial charge >= 0.3 is 0 Å². The minimum absolute atomic E-state index is 0.678. The fourth-order valence-corrected chi connectivity index (χ4v) is 4.72. The third-order valence-electron chi connectivity index (χ3n) is 6.36. The normalized spacial score (nSPS) is 18.7. The van der Waals surface area contributed by atoms with Crippen LogP contribution in [-0.2, 0) is 13.0 Å². The maximum Gasteiger partial charge on any atom is 0.119 e. The summed E-state index contributed by atoms with van der Waals surface area (Å²) in [7, 11) is 0. The molecule has 0 amide bonds. The van der Waals surface area contributed by atoms with Gasteiger partial charge < -0.3 is 15.0 Å². The molecule has 1 fully saturated rings. The van der Waals surface area contributed by atoms with Crippen molar-refractivity contribution in [3.8, 4) is 5.75 Å². The molecular weight excluding hydrogens is 380 g/mol. The van der Waals surface area contributed by atoms with Crippen LogP contribution in [0, 0.1) is 0 Å². The Balaban J connectivity index is 1.18. The van der Waals surface area contributed by atoms with E-state index >= 15 is 0 Å². The van der Waals surface area contributed by atoms with Crippen molar-refractivity contribution in [2.24, 2.45) is 0 Å². The molecule has 4 rings (SSSR count). The third-order valence-corrected chi connectivity index (χ3v) is 6.61. The Hall–Kier alpha value is -1.55. The predicted octanol–water partition coefficient (Wildman–Crippen LogP) is 5.41. The van der Waals surface area contributed by atoms with Crippen molar-refractivity contribution in [2.75, 3.05) is 32.8 Å². The number of nitrogens with one attached hydrogen (secondary N) is 1. The number of fused-ring (bicyclic) bond motifs is 1. The van der Waals surface area contributed by atoms with E-state index in [4.69, 9.17) is 16.3 Å². The number of hydrogen-bond donors (Lipinski definition) is 1. The number of piperidine rings is 1. The zero-order valence-electron chi connectivity index (χ0n) is 17.3. The Morgan fingerprint density at radius 1 is 1.00 bits per heavy atom. The van der Waals surface area contributed by atoms with Crippen molar-refractivity contribution in [3.63, 3.8) is 0 Å². The number of rotatable bonds is 6. The average molecular weight is 413 g/mol. The van der Waals surface area contributed by atoms with E-state index < -0.39 is 0 Å². The van der Waals surface area contributed by atoms with Crippen molar-refractivity contribution < 1.29 is 4.74 Å². The lowest BCUT2D eigenvalue weighted by Gasteiger charge is -2.32. The molecule has 0 saturated carbocycles. The monoisotopic (exact) mass is 412 g/mol. The molecule has 29 heavy (non-hydrogen) atoms. The number of ether oxygens (including phenoxy) is 1. The van der Waals surface area contributed by atoms with E-state index in [-0.39, 0.29) is 0 Å². The van der Waals surface area contributed by atoms with E-state index in [9.17, 15) is 0 Å². The van der Waals surface area contributed by atoms with Gasteiger partial charge in [-0.3, -0.25) is 0 Å². The van der Waals surface area contributed by atoms with Gasteiger partial charge in [0.05, 0.1) is 6.61 Å². The first-order valence-corrected chi connectivity index (χ1v) is 11.6. The largest absolute Gasteiger partial charge is 0.494 e. The van der Waals surface area contributed by atoms with Crippen LogP contribution >= 0.6 is 11.6 Å². The van der Waals surface area contributed by atoms with Crippen LogP contribution in [0.2, 0.25) is 5.02 Å². The topological polar surface area (TPSA) is 24.5 Å². The van der Waals surface area contributed by atoms with E-state index in [1.807, 2.05) is 12.1 Å². The lowest BCUT2D eigenvalue weighted by molar-refractivity contribution is 0.193. The lowest BCUT2D eigenvalue weighted by atomic mass is 9.89. The minimum atomic E-state index is 0.678. The molecule has 0 radical (unpaired) electrons. The summed E-state index contributed by atoms with van der Waals surface area (Å²) in [6.45, 7) is 6.37. The van der Waals surface area contributed by atoms with Crippen molar-refractivity contribution in [1.82, 2.24) is 10.2 Å². The number of likely N-dealkylation sites (tertiary alicyclic amines) is 1. The van der Waals surface area contributed by atoms with Gasteiger partial charge in [-0.2, -0.15) is 0 Å². The molecule has 0 bridgehead atoms. The molecule has 1 saturated heterocycles. The summed E-state index contributed by atoms with van der Waals surface area (Å²) in [6, 6.07) is 15.1. The molecule has 156 valence electrons. The summed E-state index contributed by atoms with van der Waals surface area (Å²) in [5.41, 5.74) is 4.32. The molecule has 2 aliphatic rings. The molecule has 0 spiro atoms. The Bertz CT molecular complexity index is 769. The van der Waals surface area contributed by atoms with Crippen LogP contribution in [0.3, 0.4) is 0 Å². The SMILES string of the molecule is Clc1ccc(C2CCN(CCCOc3ccc4c(c3)CNCCCC4)CC2)cc1. The maximum absolute atomic E-state index is 6.07. The highest BCUT2D eigenvalue weighted by Gasteiger charge is 2.20. The van der Waals surface area contributed by atoms with E-state index in [0.717, 1.165) is 43.4 Å². The number of halogens is 1. The first-order valence-electron chi connectivity index (χ1n) is 11.2. The van der Waals surface area contributed by atoms with Crippen molar-refractivity contribution in [3.05, 3.63) is 64.2 Å². The van der Waals surface area contributed by atoms with Crippen molar-refractivity contribution in [2.45, 2.75) is 51.0 Å². The summed E-state index contributed by atoms with van der Waals surface area (Å²) in [5.74, 6) is 1.70. The number of nitrogens with zero attached hydrogens (tertiary/aromatic N) is 1. The van der Waals surface area contributed by atoms with E-state index in [1.165, 1.54) is 61.9 Å². The Morgan fingerprint density at radius 2 is 1.83 bits per heavy atom. The van der Waals surface area contributed by atoms with Gasteiger partial charge in [0.25, 0.3) is 0 Å². The van der Waals surface area contributed by atoms with Gasteiger partial charge in [0.1, 0.15) is 5.75 Å². The molecule has 1 N–H and O–H groups in total. The first-order chi connectivity index (χ1) is 14.3. The standard InChI is InChI=1S/C25H33ClN2O/c26-24-8-5-21(6-9-24)22-11-15-28(16-12-22)14-3-17-29-25-10-7-20-4-1-2-13-27-19-23(20)18-25/h5-10,18,22,27H,1-4,11-17,19H2. The predicted molar refractivity (Wildman–Crippen MR) is 121 cm³/mol. The van der Waals surface area contributed by atoms with Crippen LogP contribution in [0.25, 0.3) is 0 Å². The van der Waals surface area contributed by atoms with E-state index in [1.54, 1.807) is 0 Å². The van der Waals surface area contributed by atoms with Gasteiger partial charge in [-0.25, -0.2) is 0 Å². The molecule has 2 aromatic rings. The van der Waals surface area contributed by atoms with Gasteiger partial charge in [0.2, 0.25) is 0 Å². The van der Waals surface area contributed by atoms with Gasteiger partial charge in [-0.1, -0.05) is 29.8 Å². The summed E-state index contributed by atoms with van der Waals surface area (Å²) in [5, 5.41) is 4.36. The van der Waals surface area contributed by atoms with Crippen LogP contribution in [0.4, 0.5) is 0 Å². The van der Waals surface area contributed by atoms with Gasteiger partial charge in [-0.15, -0.1) is 0 Å².